The molecule has 2 aliphatic rings. The van der Waals surface area contributed by atoms with Crippen molar-refractivity contribution in [3.8, 4) is 0 Å². The minimum Gasteiger partial charge on any atom is -0.375 e. The van der Waals surface area contributed by atoms with Crippen molar-refractivity contribution in [1.29, 1.82) is 0 Å². The second-order valence-electron chi connectivity index (χ2n) is 5.82. The topological polar surface area (TPSA) is 37.4 Å². The van der Waals surface area contributed by atoms with Crippen molar-refractivity contribution in [1.82, 2.24) is 10.3 Å². The Bertz CT molecular complexity index is 489. The minimum atomic E-state index is 0.0579. The van der Waals surface area contributed by atoms with Gasteiger partial charge in [-0.15, -0.1) is 0 Å². The maximum Gasteiger partial charge on any atom is 0.132 e. The zero-order valence-electron chi connectivity index (χ0n) is 12.2. The monoisotopic (exact) mass is 261 g/mol. The number of pyridine rings is 1. The summed E-state index contributed by atoms with van der Waals surface area (Å²) >= 11 is 0. The highest BCUT2D eigenvalue weighted by Gasteiger charge is 2.36. The first-order valence-electron chi connectivity index (χ1n) is 7.14. The lowest BCUT2D eigenvalue weighted by molar-refractivity contribution is 0.115. The van der Waals surface area contributed by atoms with E-state index in [1.54, 1.807) is 7.11 Å². The van der Waals surface area contributed by atoms with Crippen molar-refractivity contribution in [2.45, 2.75) is 45.4 Å². The second-order valence-corrected chi connectivity index (χ2v) is 5.82. The van der Waals surface area contributed by atoms with Gasteiger partial charge in [-0.05, 0) is 38.3 Å². The van der Waals surface area contributed by atoms with Crippen LogP contribution < -0.4 is 10.2 Å². The Hall–Kier alpha value is -1.13. The molecule has 1 aromatic heterocycles. The number of anilines is 1. The summed E-state index contributed by atoms with van der Waals surface area (Å²) < 4.78 is 5.45. The molecule has 1 fully saturated rings. The van der Waals surface area contributed by atoms with E-state index >= 15 is 0 Å². The first-order chi connectivity index (χ1) is 9.11. The van der Waals surface area contributed by atoms with Crippen LogP contribution in [0.3, 0.4) is 0 Å². The van der Waals surface area contributed by atoms with Gasteiger partial charge in [0.15, 0.2) is 0 Å². The van der Waals surface area contributed by atoms with Gasteiger partial charge in [-0.1, -0.05) is 6.07 Å². The normalized spacial score (nSPS) is 27.1. The van der Waals surface area contributed by atoms with Gasteiger partial charge in [0.25, 0.3) is 0 Å². The van der Waals surface area contributed by atoms with E-state index in [1.165, 1.54) is 16.9 Å². The molecular formula is C15H23N3O. The lowest BCUT2D eigenvalue weighted by atomic mass is 10.1. The van der Waals surface area contributed by atoms with Gasteiger partial charge in [-0.25, -0.2) is 4.98 Å². The highest BCUT2D eigenvalue weighted by atomic mass is 16.5. The summed E-state index contributed by atoms with van der Waals surface area (Å²) in [7, 11) is 1.75. The van der Waals surface area contributed by atoms with Crippen LogP contribution in [-0.2, 0) is 11.2 Å². The number of rotatable bonds is 2. The molecule has 0 bridgehead atoms. The Labute approximate surface area is 115 Å². The standard InChI is InChI=1S/C15H23N3O/c1-9-5-12-6-13-8-16-7-10(2)18(13)15(12)17-14(9)11(3)19-4/h5,10-11,13,16H,6-8H2,1-4H3/t10-,11+,13-/m1/s1. The van der Waals surface area contributed by atoms with Crippen molar-refractivity contribution in [2.75, 3.05) is 25.1 Å². The molecule has 4 heteroatoms. The maximum absolute atomic E-state index is 5.45. The molecule has 3 rings (SSSR count). The average molecular weight is 261 g/mol. The van der Waals surface area contributed by atoms with E-state index < -0.39 is 0 Å². The average Bonchev–Trinajstić information content (AvgIpc) is 2.75. The highest BCUT2D eigenvalue weighted by molar-refractivity contribution is 5.57. The molecule has 3 atom stereocenters. The van der Waals surface area contributed by atoms with Gasteiger partial charge in [-0.3, -0.25) is 0 Å². The second kappa shape index (κ2) is 4.76. The van der Waals surface area contributed by atoms with Crippen LogP contribution in [0.25, 0.3) is 0 Å². The van der Waals surface area contributed by atoms with Crippen LogP contribution in [0.5, 0.6) is 0 Å². The van der Waals surface area contributed by atoms with E-state index in [9.17, 15) is 0 Å². The van der Waals surface area contributed by atoms with E-state index in [0.29, 0.717) is 12.1 Å². The SMILES string of the molecule is CO[C@@H](C)c1nc2c(cc1C)C[C@@H]1CNC[C@@H](C)N21. The fourth-order valence-electron chi connectivity index (χ4n) is 3.39. The summed E-state index contributed by atoms with van der Waals surface area (Å²) in [5, 5.41) is 3.51. The number of hydrogen-bond donors (Lipinski definition) is 1. The number of methoxy groups -OCH3 is 1. The van der Waals surface area contributed by atoms with E-state index in [2.05, 4.69) is 37.1 Å². The third kappa shape index (κ3) is 2.03. The quantitative estimate of drug-likeness (QED) is 0.881. The van der Waals surface area contributed by atoms with Gasteiger partial charge >= 0.3 is 0 Å². The van der Waals surface area contributed by atoms with Crippen molar-refractivity contribution >= 4 is 5.82 Å². The van der Waals surface area contributed by atoms with E-state index in [-0.39, 0.29) is 6.10 Å². The van der Waals surface area contributed by atoms with Crippen LogP contribution in [-0.4, -0.2) is 37.3 Å². The molecule has 3 heterocycles. The van der Waals surface area contributed by atoms with Gasteiger partial charge < -0.3 is 15.0 Å². The van der Waals surface area contributed by atoms with Gasteiger partial charge in [-0.2, -0.15) is 0 Å². The Balaban J connectivity index is 2.03. The third-order valence-electron chi connectivity index (χ3n) is 4.44. The molecule has 2 aliphatic heterocycles. The molecule has 0 aliphatic carbocycles. The molecule has 1 N–H and O–H groups in total. The largest absolute Gasteiger partial charge is 0.375 e. The first kappa shape index (κ1) is 12.9. The van der Waals surface area contributed by atoms with Crippen LogP contribution in [0.2, 0.25) is 0 Å². The van der Waals surface area contributed by atoms with Crippen LogP contribution in [0, 0.1) is 6.92 Å². The fraction of sp³-hybridized carbons (Fsp3) is 0.667. The summed E-state index contributed by atoms with van der Waals surface area (Å²) in [6.07, 6.45) is 1.17. The summed E-state index contributed by atoms with van der Waals surface area (Å²) in [4.78, 5) is 7.43. The van der Waals surface area contributed by atoms with Crippen LogP contribution in [0.15, 0.2) is 6.07 Å². The number of aromatic nitrogens is 1. The molecule has 0 saturated carbocycles. The molecule has 1 saturated heterocycles. The maximum atomic E-state index is 5.45. The van der Waals surface area contributed by atoms with Crippen molar-refractivity contribution in [3.63, 3.8) is 0 Å². The Morgan fingerprint density at radius 1 is 1.47 bits per heavy atom. The predicted molar refractivity (Wildman–Crippen MR) is 76.7 cm³/mol. The zero-order valence-corrected chi connectivity index (χ0v) is 12.2. The Morgan fingerprint density at radius 3 is 3.00 bits per heavy atom. The predicted octanol–water partition coefficient (Wildman–Crippen LogP) is 1.82. The molecule has 19 heavy (non-hydrogen) atoms. The number of ether oxygens (including phenoxy) is 1. The minimum absolute atomic E-state index is 0.0579. The van der Waals surface area contributed by atoms with Crippen LogP contribution >= 0.6 is 0 Å². The molecule has 0 radical (unpaired) electrons. The number of nitrogens with one attached hydrogen (secondary N) is 1. The van der Waals surface area contributed by atoms with Crippen molar-refractivity contribution < 1.29 is 4.74 Å². The molecule has 1 aromatic rings. The molecule has 0 unspecified atom stereocenters. The van der Waals surface area contributed by atoms with Crippen LogP contribution in [0.1, 0.15) is 36.8 Å². The first-order valence-corrected chi connectivity index (χ1v) is 7.14. The molecule has 4 nitrogen and oxygen atoms in total. The van der Waals surface area contributed by atoms with E-state index in [1.807, 2.05) is 0 Å². The summed E-state index contributed by atoms with van der Waals surface area (Å²) in [6.45, 7) is 8.58. The smallest absolute Gasteiger partial charge is 0.132 e. The van der Waals surface area contributed by atoms with Gasteiger partial charge in [0.2, 0.25) is 0 Å². The molecule has 0 aromatic carbocycles. The Morgan fingerprint density at radius 2 is 2.26 bits per heavy atom. The lowest BCUT2D eigenvalue weighted by Gasteiger charge is -2.38. The number of fused-ring (bicyclic) bond motifs is 3. The van der Waals surface area contributed by atoms with Crippen LogP contribution in [0.4, 0.5) is 5.82 Å². The molecule has 104 valence electrons. The van der Waals surface area contributed by atoms with Gasteiger partial charge in [0.05, 0.1) is 11.8 Å². The molecular weight excluding hydrogens is 238 g/mol. The van der Waals surface area contributed by atoms with E-state index in [0.717, 1.165) is 25.2 Å². The Kier molecular flexibility index (Phi) is 3.23. The lowest BCUT2D eigenvalue weighted by Crippen LogP contribution is -2.55. The summed E-state index contributed by atoms with van der Waals surface area (Å²) in [5.41, 5.74) is 3.71. The molecule has 0 spiro atoms. The number of nitrogens with zero attached hydrogens (tertiary/aromatic N) is 2. The van der Waals surface area contributed by atoms with Crippen molar-refractivity contribution in [3.05, 3.63) is 22.9 Å². The zero-order chi connectivity index (χ0) is 13.6. The fourth-order valence-corrected chi connectivity index (χ4v) is 3.39. The number of hydrogen-bond acceptors (Lipinski definition) is 4. The number of piperazine rings is 1. The molecule has 0 amide bonds. The van der Waals surface area contributed by atoms with Gasteiger partial charge in [0, 0.05) is 32.3 Å². The van der Waals surface area contributed by atoms with Crippen molar-refractivity contribution in [2.24, 2.45) is 0 Å². The van der Waals surface area contributed by atoms with Gasteiger partial charge in [0.1, 0.15) is 5.82 Å². The summed E-state index contributed by atoms with van der Waals surface area (Å²) in [5.74, 6) is 1.18. The van der Waals surface area contributed by atoms with E-state index in [4.69, 9.17) is 9.72 Å². The highest BCUT2D eigenvalue weighted by Crippen LogP contribution is 2.35. The summed E-state index contributed by atoms with van der Waals surface area (Å²) in [6, 6.07) is 3.39. The number of aryl methyl sites for hydroxylation is 1. The third-order valence-corrected chi connectivity index (χ3v) is 4.44.